The van der Waals surface area contributed by atoms with E-state index in [9.17, 15) is 13.2 Å². The van der Waals surface area contributed by atoms with E-state index in [-0.39, 0.29) is 11.9 Å². The van der Waals surface area contributed by atoms with E-state index < -0.39 is 19.2 Å². The lowest BCUT2D eigenvalue weighted by molar-refractivity contribution is -0.145. The highest BCUT2D eigenvalue weighted by molar-refractivity contribution is 4.91. The minimum atomic E-state index is -4.23. The van der Waals surface area contributed by atoms with Crippen molar-refractivity contribution < 1.29 is 22.6 Å². The van der Waals surface area contributed by atoms with Gasteiger partial charge in [-0.1, -0.05) is 20.4 Å². The van der Waals surface area contributed by atoms with E-state index in [2.05, 4.69) is 17.9 Å². The molecule has 0 saturated heterocycles. The molecule has 0 atom stereocenters. The van der Waals surface area contributed by atoms with Crippen molar-refractivity contribution in [3.8, 4) is 0 Å². The number of halogens is 3. The maximum Gasteiger partial charge on any atom is 0.392 e. The first-order chi connectivity index (χ1) is 6.72. The lowest BCUT2D eigenvalue weighted by atomic mass is 10.2. The summed E-state index contributed by atoms with van der Waals surface area (Å²) < 4.78 is 44.8. The standard InChI is InChI=1S/C10H15F3O2/c1-7(2)8(3)15-9(4)14-6-5-10(11,12)13/h7H,3-6H2,1-2H3. The topological polar surface area (TPSA) is 18.5 Å². The van der Waals surface area contributed by atoms with Gasteiger partial charge in [0.2, 0.25) is 0 Å². The molecule has 0 unspecified atom stereocenters. The van der Waals surface area contributed by atoms with Crippen LogP contribution in [0, 0.1) is 5.92 Å². The number of allylic oxidation sites excluding steroid dienone is 1. The highest BCUT2D eigenvalue weighted by atomic mass is 19.4. The molecule has 0 N–H and O–H groups in total. The molecule has 0 aromatic rings. The molecule has 15 heavy (non-hydrogen) atoms. The Labute approximate surface area is 87.4 Å². The van der Waals surface area contributed by atoms with Gasteiger partial charge in [-0.05, 0) is 6.58 Å². The second-order valence-corrected chi connectivity index (χ2v) is 3.31. The van der Waals surface area contributed by atoms with Crippen LogP contribution in [0.2, 0.25) is 0 Å². The Morgan fingerprint density at radius 3 is 2.20 bits per heavy atom. The van der Waals surface area contributed by atoms with Crippen molar-refractivity contribution in [1.82, 2.24) is 0 Å². The molecule has 0 bridgehead atoms. The molecular weight excluding hydrogens is 209 g/mol. The molecule has 0 aliphatic rings. The second-order valence-electron chi connectivity index (χ2n) is 3.31. The molecule has 0 saturated carbocycles. The van der Waals surface area contributed by atoms with E-state index >= 15 is 0 Å². The quantitative estimate of drug-likeness (QED) is 0.641. The number of alkyl halides is 3. The minimum Gasteiger partial charge on any atom is -0.465 e. The molecule has 0 fully saturated rings. The maximum atomic E-state index is 11.7. The van der Waals surface area contributed by atoms with E-state index in [1.165, 1.54) is 0 Å². The van der Waals surface area contributed by atoms with Crippen LogP contribution in [0.4, 0.5) is 13.2 Å². The molecule has 0 radical (unpaired) electrons. The van der Waals surface area contributed by atoms with Crippen molar-refractivity contribution in [2.45, 2.75) is 26.4 Å². The number of hydrogen-bond acceptors (Lipinski definition) is 2. The average Bonchev–Trinajstić information content (AvgIpc) is 2.01. The van der Waals surface area contributed by atoms with Crippen LogP contribution in [0.5, 0.6) is 0 Å². The van der Waals surface area contributed by atoms with Gasteiger partial charge in [-0.15, -0.1) is 0 Å². The van der Waals surface area contributed by atoms with Crippen LogP contribution < -0.4 is 0 Å². The van der Waals surface area contributed by atoms with Crippen molar-refractivity contribution in [2.75, 3.05) is 6.61 Å². The second kappa shape index (κ2) is 5.68. The van der Waals surface area contributed by atoms with Crippen molar-refractivity contribution in [1.29, 1.82) is 0 Å². The molecule has 0 heterocycles. The van der Waals surface area contributed by atoms with Gasteiger partial charge in [0.1, 0.15) is 12.4 Å². The molecule has 5 heteroatoms. The molecule has 0 aromatic heterocycles. The Hall–Kier alpha value is -1.13. The summed E-state index contributed by atoms with van der Waals surface area (Å²) in [7, 11) is 0. The van der Waals surface area contributed by atoms with Crippen LogP contribution in [-0.2, 0) is 9.47 Å². The summed E-state index contributed by atoms with van der Waals surface area (Å²) >= 11 is 0. The van der Waals surface area contributed by atoms with E-state index in [0.717, 1.165) is 0 Å². The van der Waals surface area contributed by atoms with Crippen LogP contribution in [0.1, 0.15) is 20.3 Å². The first-order valence-electron chi connectivity index (χ1n) is 4.47. The monoisotopic (exact) mass is 224 g/mol. The Bertz CT molecular complexity index is 231. The fourth-order valence-electron chi connectivity index (χ4n) is 0.574. The molecular formula is C10H15F3O2. The van der Waals surface area contributed by atoms with E-state index in [4.69, 9.17) is 4.74 Å². The lowest BCUT2D eigenvalue weighted by Crippen LogP contribution is -2.12. The molecule has 2 nitrogen and oxygen atoms in total. The lowest BCUT2D eigenvalue weighted by Gasteiger charge is -2.14. The Kier molecular flexibility index (Phi) is 5.25. The molecule has 0 aromatic carbocycles. The number of rotatable bonds is 6. The van der Waals surface area contributed by atoms with Gasteiger partial charge in [0.05, 0.1) is 6.42 Å². The van der Waals surface area contributed by atoms with E-state index in [1.54, 1.807) is 0 Å². The molecule has 0 aliphatic carbocycles. The highest BCUT2D eigenvalue weighted by Crippen LogP contribution is 2.20. The van der Waals surface area contributed by atoms with Crippen LogP contribution in [0.15, 0.2) is 24.9 Å². The molecule has 0 spiro atoms. The van der Waals surface area contributed by atoms with Gasteiger partial charge in [0, 0.05) is 5.92 Å². The fraction of sp³-hybridized carbons (Fsp3) is 0.600. The first-order valence-corrected chi connectivity index (χ1v) is 4.47. The molecule has 0 aliphatic heterocycles. The van der Waals surface area contributed by atoms with Crippen LogP contribution >= 0.6 is 0 Å². The van der Waals surface area contributed by atoms with Crippen molar-refractivity contribution in [2.24, 2.45) is 5.92 Å². The maximum absolute atomic E-state index is 11.7. The number of ether oxygens (including phenoxy) is 2. The normalized spacial score (nSPS) is 11.3. The zero-order chi connectivity index (χ0) is 12.1. The summed E-state index contributed by atoms with van der Waals surface area (Å²) in [6, 6.07) is 0. The SMILES string of the molecule is C=C(OCCC(F)(F)F)OC(=C)C(C)C. The van der Waals surface area contributed by atoms with E-state index in [0.29, 0.717) is 5.76 Å². The Balaban J connectivity index is 3.72. The van der Waals surface area contributed by atoms with Gasteiger partial charge in [0.25, 0.3) is 5.95 Å². The predicted octanol–water partition coefficient (Wildman–Crippen LogP) is 3.61. The smallest absolute Gasteiger partial charge is 0.392 e. The number of hydrogen-bond donors (Lipinski definition) is 0. The molecule has 0 amide bonds. The molecule has 0 rings (SSSR count). The Morgan fingerprint density at radius 2 is 1.80 bits per heavy atom. The van der Waals surface area contributed by atoms with Crippen molar-refractivity contribution >= 4 is 0 Å². The fourth-order valence-corrected chi connectivity index (χ4v) is 0.574. The molecule has 88 valence electrons. The Morgan fingerprint density at radius 1 is 1.27 bits per heavy atom. The third-order valence-electron chi connectivity index (χ3n) is 1.54. The van der Waals surface area contributed by atoms with Gasteiger partial charge < -0.3 is 9.47 Å². The van der Waals surface area contributed by atoms with Gasteiger partial charge in [0.15, 0.2) is 0 Å². The van der Waals surface area contributed by atoms with Gasteiger partial charge in [-0.2, -0.15) is 13.2 Å². The highest BCUT2D eigenvalue weighted by Gasteiger charge is 2.27. The summed E-state index contributed by atoms with van der Waals surface area (Å²) in [4.78, 5) is 0. The zero-order valence-electron chi connectivity index (χ0n) is 8.86. The van der Waals surface area contributed by atoms with Crippen molar-refractivity contribution in [3.63, 3.8) is 0 Å². The average molecular weight is 224 g/mol. The van der Waals surface area contributed by atoms with Crippen molar-refractivity contribution in [3.05, 3.63) is 24.9 Å². The predicted molar refractivity (Wildman–Crippen MR) is 50.8 cm³/mol. The van der Waals surface area contributed by atoms with Crippen LogP contribution in [0.3, 0.4) is 0 Å². The van der Waals surface area contributed by atoms with Gasteiger partial charge >= 0.3 is 6.18 Å². The third-order valence-corrected chi connectivity index (χ3v) is 1.54. The minimum absolute atomic E-state index is 0.0629. The van der Waals surface area contributed by atoms with Crippen LogP contribution in [-0.4, -0.2) is 12.8 Å². The van der Waals surface area contributed by atoms with Crippen LogP contribution in [0.25, 0.3) is 0 Å². The summed E-state index contributed by atoms with van der Waals surface area (Å²) in [6.07, 6.45) is -5.25. The summed E-state index contributed by atoms with van der Waals surface area (Å²) in [5.74, 6) is 0.318. The van der Waals surface area contributed by atoms with Gasteiger partial charge in [-0.25, -0.2) is 0 Å². The van der Waals surface area contributed by atoms with E-state index in [1.807, 2.05) is 13.8 Å². The summed E-state index contributed by atoms with van der Waals surface area (Å²) in [5, 5.41) is 0. The van der Waals surface area contributed by atoms with Gasteiger partial charge in [-0.3, -0.25) is 0 Å². The first kappa shape index (κ1) is 13.9. The largest absolute Gasteiger partial charge is 0.465 e. The summed E-state index contributed by atoms with van der Waals surface area (Å²) in [6.45, 7) is 10.1. The third kappa shape index (κ3) is 7.90. The summed E-state index contributed by atoms with van der Waals surface area (Å²) in [5.41, 5.74) is 0. The zero-order valence-corrected chi connectivity index (χ0v) is 8.86.